The molecule has 2 rings (SSSR count). The predicted molar refractivity (Wildman–Crippen MR) is 90.7 cm³/mol. The molecule has 1 aromatic carbocycles. The lowest BCUT2D eigenvalue weighted by atomic mass is 10.2. The molecule has 1 atom stereocenters. The summed E-state index contributed by atoms with van der Waals surface area (Å²) in [5.74, 6) is 0.550. The van der Waals surface area contributed by atoms with Gasteiger partial charge >= 0.3 is 5.97 Å². The molecule has 1 aromatic heterocycles. The van der Waals surface area contributed by atoms with Gasteiger partial charge in [0.25, 0.3) is 0 Å². The maximum absolute atomic E-state index is 11.9. The number of hydrogen-bond donors (Lipinski definition) is 0. The number of ether oxygens (including phenoxy) is 1. The fourth-order valence-corrected chi connectivity index (χ4v) is 3.34. The summed E-state index contributed by atoms with van der Waals surface area (Å²) < 4.78 is 7.95. The lowest BCUT2D eigenvalue weighted by Gasteiger charge is -2.12. The van der Waals surface area contributed by atoms with Crippen LogP contribution >= 0.6 is 27.7 Å². The number of carbonyl (C=O) groups is 1. The van der Waals surface area contributed by atoms with Crippen LogP contribution in [0.3, 0.4) is 0 Å². The summed E-state index contributed by atoms with van der Waals surface area (Å²) in [5.41, 5.74) is 0.966. The number of halogens is 1. The van der Waals surface area contributed by atoms with Gasteiger partial charge in [-0.15, -0.1) is 10.2 Å². The lowest BCUT2D eigenvalue weighted by Crippen LogP contribution is -2.20. The third-order valence-corrected chi connectivity index (χ3v) is 5.19. The van der Waals surface area contributed by atoms with E-state index in [1.807, 2.05) is 49.7 Å². The molecule has 22 heavy (non-hydrogen) atoms. The molecule has 0 saturated carbocycles. The molecule has 5 nitrogen and oxygen atoms in total. The third kappa shape index (κ3) is 3.70. The molecule has 118 valence electrons. The zero-order chi connectivity index (χ0) is 16.1. The Labute approximate surface area is 142 Å². The van der Waals surface area contributed by atoms with Crippen molar-refractivity contribution >= 4 is 33.7 Å². The van der Waals surface area contributed by atoms with E-state index >= 15 is 0 Å². The molecular formula is C15H18BrN3O2S. The fourth-order valence-electron chi connectivity index (χ4n) is 1.96. The van der Waals surface area contributed by atoms with E-state index in [9.17, 15) is 4.79 Å². The highest BCUT2D eigenvalue weighted by molar-refractivity contribution is 9.10. The van der Waals surface area contributed by atoms with Gasteiger partial charge in [0.2, 0.25) is 0 Å². The largest absolute Gasteiger partial charge is 0.465 e. The molecule has 0 unspecified atom stereocenters. The Hall–Kier alpha value is -1.34. The Balaban J connectivity index is 2.24. The predicted octanol–water partition coefficient (Wildman–Crippen LogP) is 3.68. The van der Waals surface area contributed by atoms with Crippen molar-refractivity contribution in [2.24, 2.45) is 7.05 Å². The summed E-state index contributed by atoms with van der Waals surface area (Å²) >= 11 is 4.91. The zero-order valence-corrected chi connectivity index (χ0v) is 15.1. The van der Waals surface area contributed by atoms with Gasteiger partial charge in [0, 0.05) is 17.1 Å². The normalized spacial score (nSPS) is 12.2. The maximum atomic E-state index is 11.9. The number of nitrogens with zero attached hydrogens (tertiary/aromatic N) is 3. The first-order chi connectivity index (χ1) is 10.6. The van der Waals surface area contributed by atoms with Gasteiger partial charge in [-0.05, 0) is 19.4 Å². The van der Waals surface area contributed by atoms with Gasteiger partial charge in [-0.2, -0.15) is 0 Å². The van der Waals surface area contributed by atoms with Crippen LogP contribution in [0, 0.1) is 0 Å². The molecule has 0 saturated heterocycles. The third-order valence-electron chi connectivity index (χ3n) is 3.12. The van der Waals surface area contributed by atoms with E-state index < -0.39 is 0 Å². The minimum absolute atomic E-state index is 0.208. The number of esters is 1. The number of benzene rings is 1. The van der Waals surface area contributed by atoms with Crippen molar-refractivity contribution in [1.82, 2.24) is 14.8 Å². The second kappa shape index (κ2) is 7.78. The van der Waals surface area contributed by atoms with Gasteiger partial charge in [0.15, 0.2) is 11.0 Å². The second-order valence-corrected chi connectivity index (χ2v) is 6.64. The molecule has 0 aliphatic heterocycles. The van der Waals surface area contributed by atoms with Crippen LogP contribution in [-0.2, 0) is 16.6 Å². The minimum Gasteiger partial charge on any atom is -0.465 e. The van der Waals surface area contributed by atoms with Crippen molar-refractivity contribution in [3.05, 3.63) is 28.7 Å². The molecule has 0 radical (unpaired) electrons. The van der Waals surface area contributed by atoms with Gasteiger partial charge in [-0.1, -0.05) is 52.8 Å². The van der Waals surface area contributed by atoms with Gasteiger partial charge < -0.3 is 9.30 Å². The molecule has 0 bridgehead atoms. The van der Waals surface area contributed by atoms with Crippen molar-refractivity contribution in [3.8, 4) is 11.4 Å². The molecule has 7 heteroatoms. The van der Waals surface area contributed by atoms with Gasteiger partial charge in [0.1, 0.15) is 5.25 Å². The Kier molecular flexibility index (Phi) is 6.02. The molecule has 0 spiro atoms. The summed E-state index contributed by atoms with van der Waals surface area (Å²) in [6, 6.07) is 7.85. The summed E-state index contributed by atoms with van der Waals surface area (Å²) in [5, 5.41) is 8.89. The summed E-state index contributed by atoms with van der Waals surface area (Å²) in [6.45, 7) is 4.15. The number of rotatable bonds is 6. The van der Waals surface area contributed by atoms with E-state index in [0.29, 0.717) is 18.2 Å². The van der Waals surface area contributed by atoms with Crippen LogP contribution in [0.4, 0.5) is 0 Å². The first-order valence-electron chi connectivity index (χ1n) is 7.06. The highest BCUT2D eigenvalue weighted by Gasteiger charge is 2.23. The number of carbonyl (C=O) groups excluding carboxylic acids is 1. The van der Waals surface area contributed by atoms with E-state index in [1.54, 1.807) is 0 Å². The minimum atomic E-state index is -0.269. The van der Waals surface area contributed by atoms with Crippen LogP contribution in [-0.4, -0.2) is 32.6 Å². The second-order valence-electron chi connectivity index (χ2n) is 4.61. The van der Waals surface area contributed by atoms with Crippen molar-refractivity contribution in [2.75, 3.05) is 6.61 Å². The SMILES string of the molecule is CCOC(=O)[C@H](CC)Sc1nnc(-c2ccccc2Br)n1C. The average Bonchev–Trinajstić information content (AvgIpc) is 2.86. The quantitative estimate of drug-likeness (QED) is 0.562. The Morgan fingerprint density at radius 3 is 2.73 bits per heavy atom. The number of aromatic nitrogens is 3. The van der Waals surface area contributed by atoms with E-state index in [4.69, 9.17) is 4.74 Å². The molecule has 0 aliphatic carbocycles. The zero-order valence-electron chi connectivity index (χ0n) is 12.7. The Morgan fingerprint density at radius 1 is 1.36 bits per heavy atom. The van der Waals surface area contributed by atoms with Crippen LogP contribution in [0.25, 0.3) is 11.4 Å². The number of thioether (sulfide) groups is 1. The monoisotopic (exact) mass is 383 g/mol. The molecule has 0 amide bonds. The topological polar surface area (TPSA) is 57.0 Å². The maximum Gasteiger partial charge on any atom is 0.319 e. The Bertz CT molecular complexity index is 660. The molecular weight excluding hydrogens is 366 g/mol. The highest BCUT2D eigenvalue weighted by Crippen LogP contribution is 2.30. The van der Waals surface area contributed by atoms with E-state index in [2.05, 4.69) is 26.1 Å². The van der Waals surface area contributed by atoms with Gasteiger partial charge in [0.05, 0.1) is 6.61 Å². The summed E-state index contributed by atoms with van der Waals surface area (Å²) in [4.78, 5) is 11.9. The molecule has 0 fully saturated rings. The fraction of sp³-hybridized carbons (Fsp3) is 0.400. The average molecular weight is 384 g/mol. The van der Waals surface area contributed by atoms with Crippen molar-refractivity contribution in [3.63, 3.8) is 0 Å². The summed E-state index contributed by atoms with van der Waals surface area (Å²) in [6.07, 6.45) is 0.681. The standard InChI is InChI=1S/C15H18BrN3O2S/c1-4-12(14(20)21-5-2)22-15-18-17-13(19(15)3)10-8-6-7-9-11(10)16/h6-9,12H,4-5H2,1-3H3/t12-/m0/s1. The van der Waals surface area contributed by atoms with Crippen molar-refractivity contribution < 1.29 is 9.53 Å². The number of hydrogen-bond acceptors (Lipinski definition) is 5. The van der Waals surface area contributed by atoms with Crippen molar-refractivity contribution in [2.45, 2.75) is 30.7 Å². The van der Waals surface area contributed by atoms with Crippen LogP contribution in [0.2, 0.25) is 0 Å². The first kappa shape index (κ1) is 17.0. The van der Waals surface area contributed by atoms with Crippen LogP contribution < -0.4 is 0 Å². The van der Waals surface area contributed by atoms with Gasteiger partial charge in [-0.25, -0.2) is 0 Å². The Morgan fingerprint density at radius 2 is 2.09 bits per heavy atom. The van der Waals surface area contributed by atoms with E-state index in [0.717, 1.165) is 15.9 Å². The molecule has 0 N–H and O–H groups in total. The van der Waals surface area contributed by atoms with Crippen LogP contribution in [0.5, 0.6) is 0 Å². The first-order valence-corrected chi connectivity index (χ1v) is 8.73. The highest BCUT2D eigenvalue weighted by atomic mass is 79.9. The van der Waals surface area contributed by atoms with Crippen molar-refractivity contribution in [1.29, 1.82) is 0 Å². The lowest BCUT2D eigenvalue weighted by molar-refractivity contribution is -0.142. The van der Waals surface area contributed by atoms with Gasteiger partial charge in [-0.3, -0.25) is 4.79 Å². The molecule has 2 aromatic rings. The summed E-state index contributed by atoms with van der Waals surface area (Å²) in [7, 11) is 1.90. The van der Waals surface area contributed by atoms with E-state index in [1.165, 1.54) is 11.8 Å². The van der Waals surface area contributed by atoms with Crippen LogP contribution in [0.15, 0.2) is 33.9 Å². The smallest absolute Gasteiger partial charge is 0.319 e. The van der Waals surface area contributed by atoms with Crippen LogP contribution in [0.1, 0.15) is 20.3 Å². The molecule has 0 aliphatic rings. The van der Waals surface area contributed by atoms with E-state index in [-0.39, 0.29) is 11.2 Å². The molecule has 1 heterocycles.